The molecule has 1 aromatic carbocycles. The van der Waals surface area contributed by atoms with E-state index in [1.165, 1.54) is 38.3 Å². The van der Waals surface area contributed by atoms with E-state index in [9.17, 15) is 4.79 Å². The lowest BCUT2D eigenvalue weighted by Crippen LogP contribution is -1.92. The molecule has 3 heterocycles. The molecule has 9 heteroatoms. The highest BCUT2D eigenvalue weighted by Crippen LogP contribution is 2.35. The van der Waals surface area contributed by atoms with Crippen LogP contribution in [0.25, 0.3) is 10.4 Å². The van der Waals surface area contributed by atoms with E-state index in [4.69, 9.17) is 28.3 Å². The second-order valence-corrected chi connectivity index (χ2v) is 12.9. The van der Waals surface area contributed by atoms with E-state index in [2.05, 4.69) is 74.3 Å². The minimum absolute atomic E-state index is 0.151. The zero-order valence-corrected chi connectivity index (χ0v) is 21.6. The Morgan fingerprint density at radius 3 is 2.07 bits per heavy atom. The molecule has 0 aliphatic carbocycles. The van der Waals surface area contributed by atoms with Gasteiger partial charge in [-0.05, 0) is 67.3 Å². The first kappa shape index (κ1) is 23.0. The largest absolute Gasteiger partial charge is 0.478 e. The molecule has 0 amide bonds. The van der Waals surface area contributed by atoms with Gasteiger partial charge in [0.1, 0.15) is 4.34 Å². The van der Waals surface area contributed by atoms with Gasteiger partial charge in [-0.2, -0.15) is 0 Å². The lowest BCUT2D eigenvalue weighted by molar-refractivity contribution is 0.0697. The molecule has 0 fully saturated rings. The lowest BCUT2D eigenvalue weighted by atomic mass is 10.2. The van der Waals surface area contributed by atoms with Gasteiger partial charge in [0.25, 0.3) is 0 Å². The summed E-state index contributed by atoms with van der Waals surface area (Å²) >= 11 is 23.0. The molecular weight excluding hydrogens is 599 g/mol. The van der Waals surface area contributed by atoms with Gasteiger partial charge in [-0.3, -0.25) is 0 Å². The summed E-state index contributed by atoms with van der Waals surface area (Å²) in [6.45, 7) is 0. The van der Waals surface area contributed by atoms with Gasteiger partial charge in [-0.1, -0.05) is 53.5 Å². The number of rotatable bonds is 4. The molecule has 0 saturated heterocycles. The van der Waals surface area contributed by atoms with Crippen molar-refractivity contribution in [2.24, 2.45) is 0 Å². The maximum atomic E-state index is 10.3. The monoisotopic (exact) mass is 608 g/mol. The normalized spacial score (nSPS) is 10.5. The van der Waals surface area contributed by atoms with E-state index >= 15 is 0 Å². The van der Waals surface area contributed by atoms with Crippen molar-refractivity contribution in [3.8, 4) is 10.4 Å². The second kappa shape index (κ2) is 10.6. The van der Waals surface area contributed by atoms with Gasteiger partial charge in [-0.25, -0.2) is 4.79 Å². The quantitative estimate of drug-likeness (QED) is 0.250. The Morgan fingerprint density at radius 2 is 1.55 bits per heavy atom. The van der Waals surface area contributed by atoms with Crippen LogP contribution < -0.4 is 0 Å². The van der Waals surface area contributed by atoms with Crippen molar-refractivity contribution in [1.29, 1.82) is 0 Å². The summed E-state index contributed by atoms with van der Waals surface area (Å²) in [5.41, 5.74) is 2.62. The molecule has 1 N–H and O–H groups in total. The molecule has 0 atom stereocenters. The molecule has 4 rings (SSSR count). The van der Waals surface area contributed by atoms with Crippen molar-refractivity contribution in [3.05, 3.63) is 86.8 Å². The molecule has 0 radical (unpaired) electrons. The predicted molar refractivity (Wildman–Crippen MR) is 134 cm³/mol. The van der Waals surface area contributed by atoms with Crippen molar-refractivity contribution in [2.75, 3.05) is 0 Å². The van der Waals surface area contributed by atoms with E-state index in [1.807, 2.05) is 17.4 Å². The van der Waals surface area contributed by atoms with Crippen molar-refractivity contribution in [2.45, 2.75) is 6.42 Å². The standard InChI is InChI=1S/C15H10BrClS2.C5H2BrClO2S/c16-14-9-11(15(17)19-14)8-12-6-7-13(18-12)10-4-2-1-3-5-10;6-3-1-2(5(8)9)4(7)10-3/h1-7,9H,8H2;1H,(H,8,9). The summed E-state index contributed by atoms with van der Waals surface area (Å²) in [6, 6.07) is 18.4. The van der Waals surface area contributed by atoms with Gasteiger partial charge in [0.2, 0.25) is 0 Å². The number of aromatic carboxylic acids is 1. The maximum absolute atomic E-state index is 10.3. The molecule has 4 aromatic rings. The first-order chi connectivity index (χ1) is 13.8. The fourth-order valence-electron chi connectivity index (χ4n) is 2.40. The average molecular weight is 611 g/mol. The van der Waals surface area contributed by atoms with Crippen LogP contribution in [0.4, 0.5) is 0 Å². The summed E-state index contributed by atoms with van der Waals surface area (Å²) in [6.07, 6.45) is 0.901. The highest BCUT2D eigenvalue weighted by Gasteiger charge is 2.11. The predicted octanol–water partition coefficient (Wildman–Crippen LogP) is 9.35. The zero-order valence-electron chi connectivity index (χ0n) is 14.5. The molecule has 0 spiro atoms. The molecule has 0 aliphatic heterocycles. The molecule has 0 saturated carbocycles. The summed E-state index contributed by atoms with van der Waals surface area (Å²) in [7, 11) is 0. The Bertz CT molecular complexity index is 1120. The molecular formula is C20H12Br2Cl2O2S3. The molecule has 29 heavy (non-hydrogen) atoms. The molecule has 0 unspecified atom stereocenters. The summed E-state index contributed by atoms with van der Waals surface area (Å²) in [5, 5.41) is 8.48. The van der Waals surface area contributed by atoms with Crippen LogP contribution in [0.2, 0.25) is 8.67 Å². The number of carboxylic acids is 1. The SMILES string of the molecule is Clc1sc(Br)cc1Cc1ccc(-c2ccccc2)s1.O=C(O)c1cc(Br)sc1Cl. The van der Waals surface area contributed by atoms with E-state index in [0.717, 1.165) is 18.3 Å². The van der Waals surface area contributed by atoms with Gasteiger partial charge >= 0.3 is 5.97 Å². The third-order valence-corrected chi connectivity index (χ3v) is 8.64. The first-order valence-corrected chi connectivity index (χ1v) is 12.9. The van der Waals surface area contributed by atoms with E-state index in [0.29, 0.717) is 4.34 Å². The Labute approximate surface area is 207 Å². The molecule has 0 bridgehead atoms. The molecule has 3 aromatic heterocycles. The zero-order chi connectivity index (χ0) is 21.0. The minimum atomic E-state index is -0.994. The number of hydrogen-bond donors (Lipinski definition) is 1. The number of carboxylic acid groups (broad SMARTS) is 1. The Hall–Kier alpha value is -0.670. The van der Waals surface area contributed by atoms with E-state index in [-0.39, 0.29) is 5.56 Å². The van der Waals surface area contributed by atoms with Crippen LogP contribution in [-0.4, -0.2) is 11.1 Å². The van der Waals surface area contributed by atoms with Crippen molar-refractivity contribution < 1.29 is 9.90 Å². The number of halogens is 4. The Morgan fingerprint density at radius 1 is 0.897 bits per heavy atom. The van der Waals surface area contributed by atoms with Crippen LogP contribution >= 0.6 is 89.1 Å². The molecule has 150 valence electrons. The summed E-state index contributed by atoms with van der Waals surface area (Å²) in [4.78, 5) is 13.0. The fourth-order valence-corrected chi connectivity index (χ4v) is 7.47. The highest BCUT2D eigenvalue weighted by atomic mass is 79.9. The van der Waals surface area contributed by atoms with Gasteiger partial charge in [0.15, 0.2) is 0 Å². The van der Waals surface area contributed by atoms with Crippen LogP contribution in [0.3, 0.4) is 0 Å². The highest BCUT2D eigenvalue weighted by molar-refractivity contribution is 9.11. The van der Waals surface area contributed by atoms with Gasteiger partial charge < -0.3 is 5.11 Å². The summed E-state index contributed by atoms with van der Waals surface area (Å²) in [5.74, 6) is -0.994. The smallest absolute Gasteiger partial charge is 0.338 e. The van der Waals surface area contributed by atoms with Crippen LogP contribution in [0.1, 0.15) is 20.8 Å². The lowest BCUT2D eigenvalue weighted by Gasteiger charge is -1.96. The molecule has 2 nitrogen and oxygen atoms in total. The van der Waals surface area contributed by atoms with Crippen LogP contribution in [0.5, 0.6) is 0 Å². The Kier molecular flexibility index (Phi) is 8.39. The minimum Gasteiger partial charge on any atom is -0.478 e. The maximum Gasteiger partial charge on any atom is 0.338 e. The van der Waals surface area contributed by atoms with Crippen molar-refractivity contribution >= 4 is 95.0 Å². The molecule has 0 aliphatic rings. The number of carbonyl (C=O) groups is 1. The average Bonchev–Trinajstić information content (AvgIpc) is 3.36. The van der Waals surface area contributed by atoms with Gasteiger partial charge in [-0.15, -0.1) is 34.0 Å². The Balaban J connectivity index is 0.000000204. The number of hydrogen-bond acceptors (Lipinski definition) is 4. The topological polar surface area (TPSA) is 37.3 Å². The summed E-state index contributed by atoms with van der Waals surface area (Å²) < 4.78 is 3.00. The van der Waals surface area contributed by atoms with Gasteiger partial charge in [0, 0.05) is 16.2 Å². The third kappa shape index (κ3) is 6.40. The van der Waals surface area contributed by atoms with E-state index < -0.39 is 5.97 Å². The second-order valence-electron chi connectivity index (χ2n) is 5.70. The van der Waals surface area contributed by atoms with Gasteiger partial charge in [0.05, 0.1) is 17.5 Å². The van der Waals surface area contributed by atoms with Crippen LogP contribution in [0, 0.1) is 0 Å². The number of benzene rings is 1. The first-order valence-electron chi connectivity index (χ1n) is 8.09. The third-order valence-electron chi connectivity index (χ3n) is 3.70. The fraction of sp³-hybridized carbons (Fsp3) is 0.0500. The number of thiophene rings is 3. The van der Waals surface area contributed by atoms with Crippen LogP contribution in [-0.2, 0) is 6.42 Å². The van der Waals surface area contributed by atoms with Crippen molar-refractivity contribution in [1.82, 2.24) is 0 Å². The van der Waals surface area contributed by atoms with E-state index in [1.54, 1.807) is 11.3 Å². The van der Waals surface area contributed by atoms with Crippen LogP contribution in [0.15, 0.2) is 62.2 Å². The van der Waals surface area contributed by atoms with Crippen molar-refractivity contribution in [3.63, 3.8) is 0 Å².